The summed E-state index contributed by atoms with van der Waals surface area (Å²) in [5, 5.41) is 11.4. The molecule has 108 valence electrons. The average molecular weight is 286 g/mol. The Hall–Kier alpha value is -2.89. The second-order valence-corrected chi connectivity index (χ2v) is 4.39. The van der Waals surface area contributed by atoms with Gasteiger partial charge in [0.15, 0.2) is 6.61 Å². The summed E-state index contributed by atoms with van der Waals surface area (Å²) in [6, 6.07) is 10.2. The van der Waals surface area contributed by atoms with Crippen molar-refractivity contribution in [1.29, 1.82) is 0 Å². The van der Waals surface area contributed by atoms with Crippen molar-refractivity contribution >= 4 is 17.6 Å². The lowest BCUT2D eigenvalue weighted by Gasteiger charge is -2.08. The Morgan fingerprint density at radius 3 is 2.71 bits per heavy atom. The van der Waals surface area contributed by atoms with Gasteiger partial charge in [-0.25, -0.2) is 9.78 Å². The van der Waals surface area contributed by atoms with Crippen LogP contribution >= 0.6 is 0 Å². The largest absolute Gasteiger partial charge is 0.482 e. The van der Waals surface area contributed by atoms with Gasteiger partial charge in [-0.1, -0.05) is 12.1 Å². The summed E-state index contributed by atoms with van der Waals surface area (Å²) in [6.45, 7) is 1.75. The highest BCUT2D eigenvalue weighted by Crippen LogP contribution is 2.11. The number of nitrogens with zero attached hydrogens (tertiary/aromatic N) is 1. The van der Waals surface area contributed by atoms with Crippen LogP contribution in [0.3, 0.4) is 0 Å². The molecule has 6 heteroatoms. The Bertz CT molecular complexity index is 653. The van der Waals surface area contributed by atoms with Gasteiger partial charge >= 0.3 is 5.97 Å². The lowest BCUT2D eigenvalue weighted by atomic mass is 10.2. The third-order valence-electron chi connectivity index (χ3n) is 2.63. The van der Waals surface area contributed by atoms with E-state index in [1.54, 1.807) is 6.07 Å². The van der Waals surface area contributed by atoms with Crippen LogP contribution in [0.2, 0.25) is 0 Å². The number of hydrogen-bond donors (Lipinski definition) is 2. The molecule has 0 aliphatic rings. The SMILES string of the molecule is Cc1cccc(NC(=O)COc2ccc(C(=O)O)nc2)c1. The van der Waals surface area contributed by atoms with Crippen molar-refractivity contribution in [2.75, 3.05) is 11.9 Å². The number of carbonyl (C=O) groups excluding carboxylic acids is 1. The minimum atomic E-state index is -1.11. The van der Waals surface area contributed by atoms with Crippen molar-refractivity contribution < 1.29 is 19.4 Å². The first-order valence-electron chi connectivity index (χ1n) is 6.23. The minimum Gasteiger partial charge on any atom is -0.482 e. The number of aryl methyl sites for hydroxylation is 1. The van der Waals surface area contributed by atoms with Crippen LogP contribution in [0.25, 0.3) is 0 Å². The highest BCUT2D eigenvalue weighted by atomic mass is 16.5. The van der Waals surface area contributed by atoms with Gasteiger partial charge in [-0.3, -0.25) is 4.79 Å². The van der Waals surface area contributed by atoms with E-state index in [-0.39, 0.29) is 18.2 Å². The normalized spacial score (nSPS) is 9.95. The maximum atomic E-state index is 11.7. The molecule has 1 aromatic heterocycles. The Morgan fingerprint density at radius 1 is 1.29 bits per heavy atom. The fraction of sp³-hybridized carbons (Fsp3) is 0.133. The molecule has 1 amide bonds. The third kappa shape index (κ3) is 4.31. The maximum Gasteiger partial charge on any atom is 0.354 e. The number of anilines is 1. The zero-order valence-corrected chi connectivity index (χ0v) is 11.4. The number of aromatic carboxylic acids is 1. The molecular formula is C15H14N2O4. The van der Waals surface area contributed by atoms with Crippen LogP contribution < -0.4 is 10.1 Å². The van der Waals surface area contributed by atoms with Gasteiger partial charge in [0.05, 0.1) is 6.20 Å². The molecule has 0 bridgehead atoms. The van der Waals surface area contributed by atoms with Crippen LogP contribution in [0.4, 0.5) is 5.69 Å². The number of carboxylic acid groups (broad SMARTS) is 1. The number of nitrogens with one attached hydrogen (secondary N) is 1. The summed E-state index contributed by atoms with van der Waals surface area (Å²) in [4.78, 5) is 26.1. The maximum absolute atomic E-state index is 11.7. The van der Waals surface area contributed by atoms with Crippen LogP contribution in [0.1, 0.15) is 16.1 Å². The predicted octanol–water partition coefficient (Wildman–Crippen LogP) is 2.11. The lowest BCUT2D eigenvalue weighted by molar-refractivity contribution is -0.118. The second-order valence-electron chi connectivity index (χ2n) is 4.39. The summed E-state index contributed by atoms with van der Waals surface area (Å²) >= 11 is 0. The fourth-order valence-corrected chi connectivity index (χ4v) is 1.66. The molecule has 1 aromatic carbocycles. The molecule has 0 unspecified atom stereocenters. The van der Waals surface area contributed by atoms with Gasteiger partial charge in [-0.15, -0.1) is 0 Å². The standard InChI is InChI=1S/C15H14N2O4/c1-10-3-2-4-11(7-10)17-14(18)9-21-12-5-6-13(15(19)20)16-8-12/h2-8H,9H2,1H3,(H,17,18)(H,19,20). The topological polar surface area (TPSA) is 88.5 Å². The number of benzene rings is 1. The number of pyridine rings is 1. The van der Waals surface area contributed by atoms with Crippen molar-refractivity contribution in [3.8, 4) is 5.75 Å². The predicted molar refractivity (Wildman–Crippen MR) is 76.5 cm³/mol. The molecule has 2 aromatic rings. The van der Waals surface area contributed by atoms with Gasteiger partial charge in [-0.05, 0) is 36.8 Å². The quantitative estimate of drug-likeness (QED) is 0.878. The number of aromatic nitrogens is 1. The number of amides is 1. The molecule has 2 rings (SSSR count). The van der Waals surface area contributed by atoms with Crippen LogP contribution in [-0.4, -0.2) is 28.6 Å². The monoisotopic (exact) mass is 286 g/mol. The molecule has 6 nitrogen and oxygen atoms in total. The lowest BCUT2D eigenvalue weighted by Crippen LogP contribution is -2.20. The molecular weight excluding hydrogens is 272 g/mol. The summed E-state index contributed by atoms with van der Waals surface area (Å²) in [5.74, 6) is -1.08. The van der Waals surface area contributed by atoms with E-state index in [1.165, 1.54) is 18.3 Å². The number of rotatable bonds is 5. The summed E-state index contributed by atoms with van der Waals surface area (Å²) < 4.78 is 5.24. The first kappa shape index (κ1) is 14.5. The van der Waals surface area contributed by atoms with Gasteiger partial charge in [0.2, 0.25) is 0 Å². The highest BCUT2D eigenvalue weighted by molar-refractivity contribution is 5.92. The van der Waals surface area contributed by atoms with Gasteiger partial charge in [-0.2, -0.15) is 0 Å². The molecule has 1 heterocycles. The van der Waals surface area contributed by atoms with E-state index in [0.717, 1.165) is 5.56 Å². The van der Waals surface area contributed by atoms with E-state index in [4.69, 9.17) is 9.84 Å². The molecule has 0 aliphatic heterocycles. The summed E-state index contributed by atoms with van der Waals surface area (Å²) in [6.07, 6.45) is 1.27. The van der Waals surface area contributed by atoms with E-state index >= 15 is 0 Å². The molecule has 0 spiro atoms. The van der Waals surface area contributed by atoms with Crippen LogP contribution in [0.15, 0.2) is 42.6 Å². The number of hydrogen-bond acceptors (Lipinski definition) is 4. The average Bonchev–Trinajstić information content (AvgIpc) is 2.45. The Labute approximate surface area is 121 Å². The molecule has 2 N–H and O–H groups in total. The van der Waals surface area contributed by atoms with E-state index < -0.39 is 5.97 Å². The van der Waals surface area contributed by atoms with Gasteiger partial charge in [0.25, 0.3) is 5.91 Å². The zero-order valence-electron chi connectivity index (χ0n) is 11.4. The molecule has 21 heavy (non-hydrogen) atoms. The number of carboxylic acids is 1. The highest BCUT2D eigenvalue weighted by Gasteiger charge is 2.06. The first-order chi connectivity index (χ1) is 10.0. The summed E-state index contributed by atoms with van der Waals surface area (Å²) in [7, 11) is 0. The van der Waals surface area contributed by atoms with Crippen LogP contribution in [-0.2, 0) is 4.79 Å². The molecule has 0 fully saturated rings. The Balaban J connectivity index is 1.87. The van der Waals surface area contributed by atoms with E-state index in [0.29, 0.717) is 11.4 Å². The Morgan fingerprint density at radius 2 is 2.10 bits per heavy atom. The second kappa shape index (κ2) is 6.51. The van der Waals surface area contributed by atoms with E-state index in [1.807, 2.05) is 25.1 Å². The first-order valence-corrected chi connectivity index (χ1v) is 6.23. The summed E-state index contributed by atoms with van der Waals surface area (Å²) in [5.41, 5.74) is 1.66. The number of carbonyl (C=O) groups is 2. The van der Waals surface area contributed by atoms with Crippen molar-refractivity contribution in [2.45, 2.75) is 6.92 Å². The smallest absolute Gasteiger partial charge is 0.354 e. The van der Waals surface area contributed by atoms with E-state index in [2.05, 4.69) is 10.3 Å². The third-order valence-corrected chi connectivity index (χ3v) is 2.63. The molecule has 0 saturated carbocycles. The van der Waals surface area contributed by atoms with Crippen molar-refractivity contribution in [1.82, 2.24) is 4.98 Å². The molecule has 0 aliphatic carbocycles. The van der Waals surface area contributed by atoms with Gasteiger partial charge in [0.1, 0.15) is 11.4 Å². The van der Waals surface area contributed by atoms with Crippen molar-refractivity contribution in [2.24, 2.45) is 0 Å². The minimum absolute atomic E-state index is 0.0773. The van der Waals surface area contributed by atoms with Crippen molar-refractivity contribution in [3.05, 3.63) is 53.9 Å². The van der Waals surface area contributed by atoms with Crippen molar-refractivity contribution in [3.63, 3.8) is 0 Å². The molecule has 0 atom stereocenters. The van der Waals surface area contributed by atoms with Gasteiger partial charge in [0, 0.05) is 5.69 Å². The molecule has 0 radical (unpaired) electrons. The van der Waals surface area contributed by atoms with E-state index in [9.17, 15) is 9.59 Å². The zero-order chi connectivity index (χ0) is 15.2. The van der Waals surface area contributed by atoms with Crippen LogP contribution in [0, 0.1) is 6.92 Å². The molecule has 0 saturated heterocycles. The van der Waals surface area contributed by atoms with Gasteiger partial charge < -0.3 is 15.2 Å². The van der Waals surface area contributed by atoms with Crippen LogP contribution in [0.5, 0.6) is 5.75 Å². The fourth-order valence-electron chi connectivity index (χ4n) is 1.66. The Kier molecular flexibility index (Phi) is 4.50. The number of ether oxygens (including phenoxy) is 1.